The fraction of sp³-hybridized carbons (Fsp3) is 0.314. The number of aryl methyl sites for hydroxylation is 2. The van der Waals surface area contributed by atoms with Crippen LogP contribution in [-0.4, -0.2) is 45.5 Å². The van der Waals surface area contributed by atoms with E-state index in [1.165, 1.54) is 11.4 Å². The van der Waals surface area contributed by atoms with Gasteiger partial charge in [0.25, 0.3) is 0 Å². The molecule has 4 N–H and O–H groups in total. The maximum absolute atomic E-state index is 10.9. The molecule has 2 saturated heterocycles. The molecule has 2 aromatic heterocycles. The Morgan fingerprint density at radius 1 is 0.667 bits per heavy atom. The van der Waals surface area contributed by atoms with Crippen molar-refractivity contribution >= 4 is 34.1 Å². The molecule has 232 valence electrons. The third-order valence-electron chi connectivity index (χ3n) is 9.28. The summed E-state index contributed by atoms with van der Waals surface area (Å²) in [6.45, 7) is 5.69. The first-order valence-corrected chi connectivity index (χ1v) is 15.7. The van der Waals surface area contributed by atoms with Gasteiger partial charge in [0.15, 0.2) is 0 Å². The van der Waals surface area contributed by atoms with Crippen molar-refractivity contribution in [3.63, 3.8) is 0 Å². The number of nitrogens with zero attached hydrogens (tertiary/aromatic N) is 6. The molecule has 2 aliphatic rings. The number of hydrogen-bond donors (Lipinski definition) is 4. The molecule has 2 fully saturated rings. The van der Waals surface area contributed by atoms with Gasteiger partial charge in [-0.3, -0.25) is 0 Å². The van der Waals surface area contributed by atoms with Crippen molar-refractivity contribution in [2.45, 2.75) is 31.8 Å². The zero-order chi connectivity index (χ0) is 31.1. The van der Waals surface area contributed by atoms with E-state index in [2.05, 4.69) is 100 Å². The highest BCUT2D eigenvalue weighted by molar-refractivity contribution is 5.80. The van der Waals surface area contributed by atoms with Gasteiger partial charge in [-0.1, -0.05) is 0 Å². The molecule has 2 atom stereocenters. The van der Waals surface area contributed by atoms with Crippen molar-refractivity contribution in [3.8, 4) is 11.5 Å². The highest BCUT2D eigenvalue weighted by atomic mass is 16.3. The Hall–Kier alpha value is -5.12. The second kappa shape index (κ2) is 11.8. The molecule has 0 saturated carbocycles. The van der Waals surface area contributed by atoms with Crippen LogP contribution in [0, 0.1) is 6.92 Å². The Kier molecular flexibility index (Phi) is 7.48. The number of nitrogens with one attached hydrogen (secondary N) is 2. The minimum Gasteiger partial charge on any atom is -0.505 e. The molecule has 5 aromatic rings. The molecule has 0 bridgehead atoms. The second-order valence-corrected chi connectivity index (χ2v) is 12.5. The van der Waals surface area contributed by atoms with E-state index in [9.17, 15) is 10.2 Å². The molecule has 3 aromatic carbocycles. The molecule has 45 heavy (non-hydrogen) atoms. The Morgan fingerprint density at radius 2 is 1.09 bits per heavy atom. The first-order chi connectivity index (χ1) is 21.8. The first kappa shape index (κ1) is 28.6. The lowest BCUT2D eigenvalue weighted by Gasteiger charge is -2.20. The fourth-order valence-corrected chi connectivity index (χ4v) is 6.62. The van der Waals surface area contributed by atoms with Gasteiger partial charge in [0.1, 0.15) is 48.4 Å². The molecule has 0 aliphatic carbocycles. The van der Waals surface area contributed by atoms with Gasteiger partial charge in [0.05, 0.1) is 38.6 Å². The monoisotopic (exact) mass is 606 g/mol. The van der Waals surface area contributed by atoms with Gasteiger partial charge in [-0.25, -0.2) is 18.3 Å². The van der Waals surface area contributed by atoms with Crippen LogP contribution in [0.5, 0.6) is 11.5 Å². The maximum Gasteiger partial charge on any atom is 0.243 e. The molecule has 2 aliphatic heterocycles. The van der Waals surface area contributed by atoms with E-state index in [4.69, 9.17) is 0 Å². The zero-order valence-electron chi connectivity index (χ0n) is 26.1. The molecule has 7 rings (SSSR count). The number of phenols is 2. The number of phenolic OH excluding ortho intramolecular Hbond substituents is 2. The van der Waals surface area contributed by atoms with Crippen LogP contribution in [0.1, 0.15) is 30.5 Å². The summed E-state index contributed by atoms with van der Waals surface area (Å²) in [6.07, 6.45) is 14.9. The third kappa shape index (κ3) is 5.87. The van der Waals surface area contributed by atoms with Crippen LogP contribution in [0.15, 0.2) is 92.0 Å². The lowest BCUT2D eigenvalue weighted by molar-refractivity contribution is -0.671. The van der Waals surface area contributed by atoms with E-state index in [0.29, 0.717) is 29.0 Å². The smallest absolute Gasteiger partial charge is 0.243 e. The predicted octanol–water partition coefficient (Wildman–Crippen LogP) is 5.05. The number of anilines is 6. The number of aromatic nitrogens is 4. The number of hydrogen-bond acceptors (Lipinski definition) is 6. The minimum atomic E-state index is 0.0274. The van der Waals surface area contributed by atoms with Crippen molar-refractivity contribution in [1.29, 1.82) is 0 Å². The van der Waals surface area contributed by atoms with Crippen molar-refractivity contribution < 1.29 is 19.3 Å². The normalized spacial score (nSPS) is 18.1. The summed E-state index contributed by atoms with van der Waals surface area (Å²) in [5.41, 5.74) is 5.56. The standard InChI is InChI=1S/C35H40N8O2/c1-25-34(44)32(36-26-4-8-28(9-5-26)40-14-12-30(21-40)42-18-16-38(2)23-42)20-33(35(25)45)37-27-6-10-29(11-7-27)41-15-13-31(22-41)43-19-17-39(3)24-43/h4-11,16-20,23-24,30-31,36-37H,12-15,21-22H2,1-3H3/p+2. The lowest BCUT2D eigenvalue weighted by Crippen LogP contribution is -2.25. The molecule has 4 heterocycles. The molecule has 0 radical (unpaired) electrons. The van der Waals surface area contributed by atoms with Crippen LogP contribution in [0.3, 0.4) is 0 Å². The molecule has 0 amide bonds. The molecule has 10 heteroatoms. The molecular formula is C35H42N8O2+2. The predicted molar refractivity (Wildman–Crippen MR) is 177 cm³/mol. The van der Waals surface area contributed by atoms with Gasteiger partial charge in [-0.05, 0) is 61.5 Å². The van der Waals surface area contributed by atoms with E-state index >= 15 is 0 Å². The Balaban J connectivity index is 1.01. The number of aromatic hydroxyl groups is 2. The van der Waals surface area contributed by atoms with Gasteiger partial charge in [0.2, 0.25) is 12.7 Å². The Morgan fingerprint density at radius 3 is 1.47 bits per heavy atom. The van der Waals surface area contributed by atoms with Crippen LogP contribution < -0.4 is 29.6 Å². The summed E-state index contributed by atoms with van der Waals surface area (Å²) >= 11 is 0. The minimum absolute atomic E-state index is 0.0274. The number of rotatable bonds is 8. The third-order valence-corrected chi connectivity index (χ3v) is 9.28. The maximum atomic E-state index is 10.9. The summed E-state index contributed by atoms with van der Waals surface area (Å²) in [7, 11) is 4.10. The van der Waals surface area contributed by atoms with E-state index < -0.39 is 0 Å². The number of imidazole rings is 2. The Bertz CT molecular complexity index is 1670. The summed E-state index contributed by atoms with van der Waals surface area (Å²) in [5.74, 6) is 0.0548. The van der Waals surface area contributed by atoms with Crippen molar-refractivity contribution in [2.24, 2.45) is 14.1 Å². The van der Waals surface area contributed by atoms with Gasteiger partial charge < -0.3 is 30.6 Å². The number of benzene rings is 3. The van der Waals surface area contributed by atoms with E-state index in [1.54, 1.807) is 13.0 Å². The largest absolute Gasteiger partial charge is 0.505 e. The highest BCUT2D eigenvalue weighted by Crippen LogP contribution is 2.42. The van der Waals surface area contributed by atoms with E-state index in [-0.39, 0.29) is 11.5 Å². The van der Waals surface area contributed by atoms with Crippen LogP contribution in [0.25, 0.3) is 0 Å². The Labute approximate surface area is 264 Å². The molecule has 0 spiro atoms. The lowest BCUT2D eigenvalue weighted by atomic mass is 10.1. The van der Waals surface area contributed by atoms with E-state index in [0.717, 1.165) is 50.4 Å². The first-order valence-electron chi connectivity index (χ1n) is 15.7. The van der Waals surface area contributed by atoms with Crippen LogP contribution in [-0.2, 0) is 14.1 Å². The van der Waals surface area contributed by atoms with Gasteiger partial charge >= 0.3 is 0 Å². The van der Waals surface area contributed by atoms with E-state index in [1.807, 2.05) is 38.4 Å². The highest BCUT2D eigenvalue weighted by Gasteiger charge is 2.28. The van der Waals surface area contributed by atoms with Crippen LogP contribution >= 0.6 is 0 Å². The summed E-state index contributed by atoms with van der Waals surface area (Å²) in [4.78, 5) is 4.82. The molecular weight excluding hydrogens is 564 g/mol. The summed E-state index contributed by atoms with van der Waals surface area (Å²) < 4.78 is 8.74. The average Bonchev–Trinajstić information content (AvgIpc) is 3.87. The van der Waals surface area contributed by atoms with Crippen molar-refractivity contribution in [2.75, 3.05) is 46.6 Å². The quantitative estimate of drug-likeness (QED) is 0.112. The van der Waals surface area contributed by atoms with Gasteiger partial charge in [0, 0.05) is 54.2 Å². The van der Waals surface area contributed by atoms with Crippen LogP contribution in [0.4, 0.5) is 34.1 Å². The fourth-order valence-electron chi connectivity index (χ4n) is 6.62. The summed E-state index contributed by atoms with van der Waals surface area (Å²) in [5, 5.41) is 28.5. The summed E-state index contributed by atoms with van der Waals surface area (Å²) in [6, 6.07) is 19.3. The van der Waals surface area contributed by atoms with Crippen molar-refractivity contribution in [3.05, 3.63) is 97.6 Å². The molecule has 2 unspecified atom stereocenters. The second-order valence-electron chi connectivity index (χ2n) is 12.5. The SMILES string of the molecule is Cc1c(O)c(Nc2ccc(N3CCC(n4cc[n+](C)c4)C3)cc2)cc(Nc2ccc(N3CCC(n4cc[n+](C)c4)C3)cc2)c1O. The van der Waals surface area contributed by atoms with Crippen molar-refractivity contribution in [1.82, 2.24) is 9.13 Å². The topological polar surface area (TPSA) is 88.6 Å². The average molecular weight is 607 g/mol. The van der Waals surface area contributed by atoms with Crippen LogP contribution in [0.2, 0.25) is 0 Å². The van der Waals surface area contributed by atoms with Gasteiger partial charge in [-0.15, -0.1) is 0 Å². The van der Waals surface area contributed by atoms with Gasteiger partial charge in [-0.2, -0.15) is 0 Å². The molecule has 10 nitrogen and oxygen atoms in total. The zero-order valence-corrected chi connectivity index (χ0v) is 26.1.